The first kappa shape index (κ1) is 19.4. The molecule has 0 spiro atoms. The van der Waals surface area contributed by atoms with Crippen LogP contribution in [-0.4, -0.2) is 41.1 Å². The van der Waals surface area contributed by atoms with Crippen molar-refractivity contribution in [2.75, 3.05) is 26.1 Å². The molecule has 0 aliphatic heterocycles. The molecule has 2 N–H and O–H groups in total. The van der Waals surface area contributed by atoms with E-state index in [0.29, 0.717) is 17.0 Å². The van der Waals surface area contributed by atoms with Crippen LogP contribution in [0.4, 0.5) is 5.69 Å². The zero-order valence-electron chi connectivity index (χ0n) is 14.2. The molecule has 2 rings (SSSR count). The highest BCUT2D eigenvalue weighted by Crippen LogP contribution is 2.15. The first-order valence-electron chi connectivity index (χ1n) is 7.47. The predicted octanol–water partition coefficient (Wildman–Crippen LogP) is 1.40. The number of anilines is 1. The number of esters is 1. The number of amides is 1. The number of nitrogens with one attached hydrogen (secondary N) is 2. The summed E-state index contributed by atoms with van der Waals surface area (Å²) in [4.78, 5) is 23.3. The molecule has 2 aromatic carbocycles. The summed E-state index contributed by atoms with van der Waals surface area (Å²) in [5, 5.41) is 2.53. The SMILES string of the molecule is COC(=O)c1ccc(NC(=O)CNS(=O)(=O)c2ccc(OC)cc2)cc1. The lowest BCUT2D eigenvalue weighted by molar-refractivity contribution is -0.115. The molecule has 26 heavy (non-hydrogen) atoms. The van der Waals surface area contributed by atoms with Crippen LogP contribution in [-0.2, 0) is 19.6 Å². The Balaban J connectivity index is 1.93. The van der Waals surface area contributed by atoms with Gasteiger partial charge in [-0.05, 0) is 48.5 Å². The quantitative estimate of drug-likeness (QED) is 0.705. The maximum absolute atomic E-state index is 12.2. The van der Waals surface area contributed by atoms with E-state index in [1.54, 1.807) is 0 Å². The van der Waals surface area contributed by atoms with E-state index in [9.17, 15) is 18.0 Å². The molecule has 1 amide bonds. The van der Waals surface area contributed by atoms with Gasteiger partial charge in [-0.25, -0.2) is 17.9 Å². The largest absolute Gasteiger partial charge is 0.497 e. The molecule has 0 radical (unpaired) electrons. The van der Waals surface area contributed by atoms with Crippen LogP contribution in [0.1, 0.15) is 10.4 Å². The van der Waals surface area contributed by atoms with Gasteiger partial charge < -0.3 is 14.8 Å². The maximum Gasteiger partial charge on any atom is 0.337 e. The molecule has 0 aliphatic rings. The Labute approximate surface area is 151 Å². The molecule has 2 aromatic rings. The van der Waals surface area contributed by atoms with E-state index < -0.39 is 28.4 Å². The highest BCUT2D eigenvalue weighted by molar-refractivity contribution is 7.89. The average Bonchev–Trinajstić information content (AvgIpc) is 2.66. The second kappa shape index (κ2) is 8.45. The lowest BCUT2D eigenvalue weighted by Crippen LogP contribution is -2.32. The molecule has 138 valence electrons. The number of sulfonamides is 1. The van der Waals surface area contributed by atoms with Crippen molar-refractivity contribution >= 4 is 27.6 Å². The number of hydrogen-bond acceptors (Lipinski definition) is 6. The van der Waals surface area contributed by atoms with Crippen LogP contribution >= 0.6 is 0 Å². The van der Waals surface area contributed by atoms with Crippen LogP contribution in [0.5, 0.6) is 5.75 Å². The topological polar surface area (TPSA) is 111 Å². The molecule has 0 atom stereocenters. The fraction of sp³-hybridized carbons (Fsp3) is 0.176. The molecule has 0 fully saturated rings. The van der Waals surface area contributed by atoms with Gasteiger partial charge in [0.2, 0.25) is 15.9 Å². The molecular weight excluding hydrogens is 360 g/mol. The second-order valence-corrected chi connectivity index (χ2v) is 6.88. The van der Waals surface area contributed by atoms with Crippen molar-refractivity contribution in [2.45, 2.75) is 4.90 Å². The van der Waals surface area contributed by atoms with Crippen LogP contribution in [0.3, 0.4) is 0 Å². The fourth-order valence-corrected chi connectivity index (χ4v) is 2.99. The second-order valence-electron chi connectivity index (χ2n) is 5.12. The highest BCUT2D eigenvalue weighted by atomic mass is 32.2. The summed E-state index contributed by atoms with van der Waals surface area (Å²) < 4.78 is 36.1. The van der Waals surface area contributed by atoms with Crippen LogP contribution in [0, 0.1) is 0 Å². The molecule has 9 heteroatoms. The van der Waals surface area contributed by atoms with Crippen molar-refractivity contribution in [3.63, 3.8) is 0 Å². The van der Waals surface area contributed by atoms with Gasteiger partial charge in [-0.2, -0.15) is 0 Å². The zero-order chi connectivity index (χ0) is 19.2. The third-order valence-electron chi connectivity index (χ3n) is 3.38. The van der Waals surface area contributed by atoms with Gasteiger partial charge in [0, 0.05) is 5.69 Å². The number of rotatable bonds is 7. The Morgan fingerprint density at radius 2 is 1.58 bits per heavy atom. The monoisotopic (exact) mass is 378 g/mol. The minimum absolute atomic E-state index is 0.0218. The predicted molar refractivity (Wildman–Crippen MR) is 94.6 cm³/mol. The minimum atomic E-state index is -3.82. The summed E-state index contributed by atoms with van der Waals surface area (Å²) in [6.45, 7) is -0.437. The van der Waals surface area contributed by atoms with Gasteiger partial charge >= 0.3 is 5.97 Å². The first-order valence-corrected chi connectivity index (χ1v) is 8.96. The Morgan fingerprint density at radius 3 is 2.12 bits per heavy atom. The first-order chi connectivity index (χ1) is 12.4. The molecule has 8 nitrogen and oxygen atoms in total. The van der Waals surface area contributed by atoms with Gasteiger partial charge in [-0.1, -0.05) is 0 Å². The third kappa shape index (κ3) is 5.04. The zero-order valence-corrected chi connectivity index (χ0v) is 15.0. The molecule has 0 aliphatic carbocycles. The molecular formula is C17H18N2O6S. The smallest absolute Gasteiger partial charge is 0.337 e. The molecule has 0 aromatic heterocycles. The summed E-state index contributed by atoms with van der Waals surface area (Å²) in [7, 11) is -1.07. The number of carbonyl (C=O) groups is 2. The van der Waals surface area contributed by atoms with Crippen LogP contribution in [0.25, 0.3) is 0 Å². The standard InChI is InChI=1S/C17H18N2O6S/c1-24-14-7-9-15(10-8-14)26(22,23)18-11-16(20)19-13-5-3-12(4-6-13)17(21)25-2/h3-10,18H,11H2,1-2H3,(H,19,20). The molecule has 0 saturated carbocycles. The minimum Gasteiger partial charge on any atom is -0.497 e. The average molecular weight is 378 g/mol. The normalized spacial score (nSPS) is 10.8. The maximum atomic E-state index is 12.2. The van der Waals surface area contributed by atoms with Gasteiger partial charge in [-0.3, -0.25) is 4.79 Å². The Morgan fingerprint density at radius 1 is 0.962 bits per heavy atom. The molecule has 0 heterocycles. The lowest BCUT2D eigenvalue weighted by atomic mass is 10.2. The van der Waals surface area contributed by atoms with Crippen LogP contribution in [0.2, 0.25) is 0 Å². The fourth-order valence-electron chi connectivity index (χ4n) is 2.01. The van der Waals surface area contributed by atoms with E-state index in [2.05, 4.69) is 14.8 Å². The van der Waals surface area contributed by atoms with E-state index in [0.717, 1.165) is 0 Å². The summed E-state index contributed by atoms with van der Waals surface area (Å²) in [5.41, 5.74) is 0.761. The Kier molecular flexibility index (Phi) is 6.31. The van der Waals surface area contributed by atoms with Crippen molar-refractivity contribution in [1.29, 1.82) is 0 Å². The van der Waals surface area contributed by atoms with Crippen molar-refractivity contribution in [2.24, 2.45) is 0 Å². The van der Waals surface area contributed by atoms with Gasteiger partial charge in [-0.15, -0.1) is 0 Å². The van der Waals surface area contributed by atoms with Gasteiger partial charge in [0.25, 0.3) is 0 Å². The lowest BCUT2D eigenvalue weighted by Gasteiger charge is -2.09. The molecule has 0 saturated heterocycles. The number of carbonyl (C=O) groups excluding carboxylic acids is 2. The van der Waals surface area contributed by atoms with Crippen molar-refractivity contribution in [1.82, 2.24) is 4.72 Å². The van der Waals surface area contributed by atoms with Crippen molar-refractivity contribution < 1.29 is 27.5 Å². The van der Waals surface area contributed by atoms with E-state index in [-0.39, 0.29) is 4.90 Å². The summed E-state index contributed by atoms with van der Waals surface area (Å²) in [6, 6.07) is 11.8. The van der Waals surface area contributed by atoms with Gasteiger partial charge in [0.1, 0.15) is 5.75 Å². The third-order valence-corrected chi connectivity index (χ3v) is 4.80. The van der Waals surface area contributed by atoms with E-state index in [4.69, 9.17) is 4.74 Å². The van der Waals surface area contributed by atoms with Crippen LogP contribution in [0.15, 0.2) is 53.4 Å². The number of ether oxygens (including phenoxy) is 2. The summed E-state index contributed by atoms with van der Waals surface area (Å²) >= 11 is 0. The number of methoxy groups -OCH3 is 2. The summed E-state index contributed by atoms with van der Waals surface area (Å²) in [5.74, 6) is -0.514. The Bertz CT molecular complexity index is 876. The highest BCUT2D eigenvalue weighted by Gasteiger charge is 2.15. The van der Waals surface area contributed by atoms with E-state index >= 15 is 0 Å². The molecule has 0 unspecified atom stereocenters. The van der Waals surface area contributed by atoms with Crippen molar-refractivity contribution in [3.05, 3.63) is 54.1 Å². The van der Waals surface area contributed by atoms with Crippen molar-refractivity contribution in [3.8, 4) is 5.75 Å². The van der Waals surface area contributed by atoms with Gasteiger partial charge in [0.05, 0.1) is 31.2 Å². The Hall–Kier alpha value is -2.91. The van der Waals surface area contributed by atoms with E-state index in [1.807, 2.05) is 0 Å². The van der Waals surface area contributed by atoms with Crippen LogP contribution < -0.4 is 14.8 Å². The number of benzene rings is 2. The molecule has 0 bridgehead atoms. The van der Waals surface area contributed by atoms with E-state index in [1.165, 1.54) is 62.8 Å². The van der Waals surface area contributed by atoms with Gasteiger partial charge in [0.15, 0.2) is 0 Å². The number of hydrogen-bond donors (Lipinski definition) is 2. The summed E-state index contributed by atoms with van der Waals surface area (Å²) in [6.07, 6.45) is 0.